The molecule has 2 nitrogen and oxygen atoms in total. The van der Waals surface area contributed by atoms with Crippen molar-refractivity contribution in [2.45, 2.75) is 32.1 Å². The van der Waals surface area contributed by atoms with E-state index in [1.165, 1.54) is 5.56 Å². The Balaban J connectivity index is 2.38. The molecule has 16 heavy (non-hydrogen) atoms. The molecule has 2 atom stereocenters. The minimum atomic E-state index is -0.724. The third kappa shape index (κ3) is 2.07. The molecule has 1 aromatic rings. The monoisotopic (exact) mass is 238 g/mol. The maximum Gasteiger partial charge on any atom is 0.306 e. The first-order valence-corrected chi connectivity index (χ1v) is 5.98. The van der Waals surface area contributed by atoms with Crippen molar-refractivity contribution in [1.82, 2.24) is 0 Å². The largest absolute Gasteiger partial charge is 0.481 e. The van der Waals surface area contributed by atoms with E-state index in [1.54, 1.807) is 6.92 Å². The molecular weight excluding hydrogens is 224 g/mol. The lowest BCUT2D eigenvalue weighted by molar-refractivity contribution is -0.142. The first-order valence-electron chi connectivity index (χ1n) is 5.60. The number of carboxylic acid groups (broad SMARTS) is 1. The molecule has 0 bridgehead atoms. The van der Waals surface area contributed by atoms with Crippen LogP contribution in [0.5, 0.6) is 0 Å². The van der Waals surface area contributed by atoms with Crippen LogP contribution in [0.25, 0.3) is 0 Å². The first-order chi connectivity index (χ1) is 7.59. The van der Waals surface area contributed by atoms with Crippen LogP contribution < -0.4 is 0 Å². The second-order valence-corrected chi connectivity index (χ2v) is 4.91. The van der Waals surface area contributed by atoms with E-state index in [0.29, 0.717) is 5.02 Å². The minimum absolute atomic E-state index is 0.111. The van der Waals surface area contributed by atoms with Gasteiger partial charge in [0.05, 0.1) is 5.92 Å². The fourth-order valence-corrected chi connectivity index (χ4v) is 2.68. The van der Waals surface area contributed by atoms with E-state index in [1.807, 2.05) is 18.2 Å². The van der Waals surface area contributed by atoms with Crippen LogP contribution in [0.4, 0.5) is 0 Å². The van der Waals surface area contributed by atoms with Gasteiger partial charge in [-0.15, -0.1) is 0 Å². The number of carbonyl (C=O) groups is 1. The molecule has 1 N–H and O–H groups in total. The number of aliphatic carboxylic acids is 1. The van der Waals surface area contributed by atoms with Crippen molar-refractivity contribution in [2.24, 2.45) is 5.92 Å². The third-order valence-corrected chi connectivity index (χ3v) is 3.70. The molecule has 0 heterocycles. The quantitative estimate of drug-likeness (QED) is 0.857. The summed E-state index contributed by atoms with van der Waals surface area (Å²) < 4.78 is 0. The smallest absolute Gasteiger partial charge is 0.306 e. The molecule has 1 aliphatic rings. The number of aryl methyl sites for hydroxylation is 1. The molecule has 1 aromatic carbocycles. The molecule has 0 aliphatic heterocycles. The topological polar surface area (TPSA) is 37.3 Å². The van der Waals surface area contributed by atoms with Crippen molar-refractivity contribution in [1.29, 1.82) is 0 Å². The Hall–Kier alpha value is -1.02. The predicted octanol–water partition coefficient (Wildman–Crippen LogP) is 3.48. The molecule has 86 valence electrons. The zero-order chi connectivity index (χ0) is 11.7. The molecule has 0 amide bonds. The molecule has 2 rings (SSSR count). The van der Waals surface area contributed by atoms with Gasteiger partial charge < -0.3 is 5.11 Å². The lowest BCUT2D eigenvalue weighted by Gasteiger charge is -2.28. The lowest BCUT2D eigenvalue weighted by Crippen LogP contribution is -2.22. The summed E-state index contributed by atoms with van der Waals surface area (Å²) in [4.78, 5) is 11.1. The summed E-state index contributed by atoms with van der Waals surface area (Å²) in [7, 11) is 0. The third-order valence-electron chi connectivity index (χ3n) is 3.46. The Morgan fingerprint density at radius 1 is 1.56 bits per heavy atom. The summed E-state index contributed by atoms with van der Waals surface area (Å²) in [6, 6.07) is 5.84. The van der Waals surface area contributed by atoms with Gasteiger partial charge in [0, 0.05) is 5.02 Å². The second kappa shape index (κ2) is 4.46. The molecule has 0 saturated carbocycles. The highest BCUT2D eigenvalue weighted by atomic mass is 35.5. The van der Waals surface area contributed by atoms with Gasteiger partial charge in [0.15, 0.2) is 0 Å². The predicted molar refractivity (Wildman–Crippen MR) is 63.9 cm³/mol. The van der Waals surface area contributed by atoms with Gasteiger partial charge >= 0.3 is 5.97 Å². The summed E-state index contributed by atoms with van der Waals surface area (Å²) in [6.07, 6.45) is 3.05. The number of hydrogen-bond donors (Lipinski definition) is 1. The van der Waals surface area contributed by atoms with E-state index in [4.69, 9.17) is 16.7 Å². The summed E-state index contributed by atoms with van der Waals surface area (Å²) >= 11 is 5.98. The zero-order valence-electron chi connectivity index (χ0n) is 9.24. The van der Waals surface area contributed by atoms with Crippen LogP contribution in [0.2, 0.25) is 5.02 Å². The van der Waals surface area contributed by atoms with Crippen LogP contribution >= 0.6 is 11.6 Å². The molecule has 0 fully saturated rings. The molecule has 3 heteroatoms. The maximum atomic E-state index is 11.1. The second-order valence-electron chi connectivity index (χ2n) is 4.47. The van der Waals surface area contributed by atoms with Gasteiger partial charge in [0.25, 0.3) is 0 Å². The molecule has 1 aliphatic carbocycles. The van der Waals surface area contributed by atoms with Crippen LogP contribution in [-0.2, 0) is 11.2 Å². The number of fused-ring (bicyclic) bond motifs is 1. The van der Waals surface area contributed by atoms with Gasteiger partial charge in [-0.05, 0) is 48.4 Å². The van der Waals surface area contributed by atoms with E-state index in [-0.39, 0.29) is 11.8 Å². The van der Waals surface area contributed by atoms with Gasteiger partial charge in [-0.2, -0.15) is 0 Å². The van der Waals surface area contributed by atoms with Crippen molar-refractivity contribution < 1.29 is 9.90 Å². The Labute approximate surface area is 100 Å². The number of hydrogen-bond acceptors (Lipinski definition) is 1. The molecule has 2 unspecified atom stereocenters. The molecule has 0 saturated heterocycles. The summed E-state index contributed by atoms with van der Waals surface area (Å²) in [5, 5.41) is 9.79. The first kappa shape index (κ1) is 11.5. The average Bonchev–Trinajstić information content (AvgIpc) is 2.27. The van der Waals surface area contributed by atoms with Gasteiger partial charge in [0.1, 0.15) is 0 Å². The SMILES string of the molecule is CC(C(=O)O)C1CCCc2ccc(Cl)cc21. The highest BCUT2D eigenvalue weighted by Gasteiger charge is 2.29. The molecule has 0 spiro atoms. The molecular formula is C13H15ClO2. The van der Waals surface area contributed by atoms with Gasteiger partial charge in [-0.25, -0.2) is 0 Å². The van der Waals surface area contributed by atoms with Crippen LogP contribution in [0.15, 0.2) is 18.2 Å². The van der Waals surface area contributed by atoms with Gasteiger partial charge in [0.2, 0.25) is 0 Å². The van der Waals surface area contributed by atoms with E-state index in [9.17, 15) is 4.79 Å². The highest BCUT2D eigenvalue weighted by Crippen LogP contribution is 2.38. The number of benzene rings is 1. The lowest BCUT2D eigenvalue weighted by atomic mass is 9.76. The fraction of sp³-hybridized carbons (Fsp3) is 0.462. The number of rotatable bonds is 2. The van der Waals surface area contributed by atoms with E-state index < -0.39 is 5.97 Å². The zero-order valence-corrected chi connectivity index (χ0v) is 10.00. The number of halogens is 1. The normalized spacial score (nSPS) is 21.2. The van der Waals surface area contributed by atoms with Crippen LogP contribution in [0.3, 0.4) is 0 Å². The Morgan fingerprint density at radius 3 is 3.00 bits per heavy atom. The van der Waals surface area contributed by atoms with Gasteiger partial charge in [-0.3, -0.25) is 4.79 Å². The van der Waals surface area contributed by atoms with Crippen LogP contribution in [0.1, 0.15) is 36.8 Å². The number of carboxylic acids is 1. The Morgan fingerprint density at radius 2 is 2.31 bits per heavy atom. The van der Waals surface area contributed by atoms with E-state index in [0.717, 1.165) is 24.8 Å². The fourth-order valence-electron chi connectivity index (χ4n) is 2.50. The van der Waals surface area contributed by atoms with Crippen LogP contribution in [-0.4, -0.2) is 11.1 Å². The minimum Gasteiger partial charge on any atom is -0.481 e. The summed E-state index contributed by atoms with van der Waals surface area (Å²) in [5.74, 6) is -0.949. The highest BCUT2D eigenvalue weighted by molar-refractivity contribution is 6.30. The maximum absolute atomic E-state index is 11.1. The Kier molecular flexibility index (Phi) is 3.20. The molecule has 0 radical (unpaired) electrons. The van der Waals surface area contributed by atoms with Crippen molar-refractivity contribution >= 4 is 17.6 Å². The standard InChI is InChI=1S/C13H15ClO2/c1-8(13(15)16)11-4-2-3-9-5-6-10(14)7-12(9)11/h5-8,11H,2-4H2,1H3,(H,15,16). The van der Waals surface area contributed by atoms with Gasteiger partial charge in [-0.1, -0.05) is 24.6 Å². The molecule has 0 aromatic heterocycles. The van der Waals surface area contributed by atoms with Crippen molar-refractivity contribution in [3.05, 3.63) is 34.3 Å². The summed E-state index contributed by atoms with van der Waals surface area (Å²) in [5.41, 5.74) is 2.39. The van der Waals surface area contributed by atoms with Crippen molar-refractivity contribution in [3.63, 3.8) is 0 Å². The van der Waals surface area contributed by atoms with E-state index >= 15 is 0 Å². The van der Waals surface area contributed by atoms with E-state index in [2.05, 4.69) is 0 Å². The average molecular weight is 239 g/mol. The summed E-state index contributed by atoms with van der Waals surface area (Å²) in [6.45, 7) is 1.78. The van der Waals surface area contributed by atoms with Crippen LogP contribution in [0, 0.1) is 5.92 Å². The van der Waals surface area contributed by atoms with Crippen molar-refractivity contribution in [3.8, 4) is 0 Å². The Bertz CT molecular complexity index is 414. The van der Waals surface area contributed by atoms with Crippen molar-refractivity contribution in [2.75, 3.05) is 0 Å².